The molecule has 2 nitrogen and oxygen atoms in total. The van der Waals surface area contributed by atoms with E-state index >= 15 is 0 Å². The maximum Gasteiger partial charge on any atom is 0.130 e. The van der Waals surface area contributed by atoms with Gasteiger partial charge in [-0.1, -0.05) is 37.5 Å². The van der Waals surface area contributed by atoms with E-state index in [1.54, 1.807) is 24.3 Å². The van der Waals surface area contributed by atoms with E-state index in [4.69, 9.17) is 0 Å². The van der Waals surface area contributed by atoms with Crippen LogP contribution < -0.4 is 10.4 Å². The van der Waals surface area contributed by atoms with Crippen LogP contribution in [-0.2, 0) is 0 Å². The monoisotopic (exact) mass is 216 g/mol. The van der Waals surface area contributed by atoms with Crippen molar-refractivity contribution in [2.75, 3.05) is 0 Å². The highest BCUT2D eigenvalue weighted by atomic mass is 16.3. The van der Waals surface area contributed by atoms with Crippen LogP contribution in [0.4, 0.5) is 0 Å². The van der Waals surface area contributed by atoms with Crippen molar-refractivity contribution in [3.63, 3.8) is 0 Å². The summed E-state index contributed by atoms with van der Waals surface area (Å²) in [7, 11) is 0. The van der Waals surface area contributed by atoms with Gasteiger partial charge in [0.15, 0.2) is 0 Å². The largest absolute Gasteiger partial charge is 0.507 e. The van der Waals surface area contributed by atoms with Crippen LogP contribution in [0.15, 0.2) is 12.2 Å². The van der Waals surface area contributed by atoms with Crippen LogP contribution in [0.1, 0.15) is 25.0 Å². The minimum absolute atomic E-state index is 0.0639. The Morgan fingerprint density at radius 2 is 1.12 bits per heavy atom. The van der Waals surface area contributed by atoms with E-state index in [1.165, 1.54) is 0 Å². The molecule has 1 aromatic carbocycles. The third kappa shape index (κ3) is 1.87. The van der Waals surface area contributed by atoms with E-state index in [-0.39, 0.29) is 11.5 Å². The molecule has 0 bridgehead atoms. The summed E-state index contributed by atoms with van der Waals surface area (Å²) in [6.45, 7) is 11.2. The Kier molecular flexibility index (Phi) is 3.56. The van der Waals surface area contributed by atoms with Crippen LogP contribution in [0.5, 0.6) is 11.5 Å². The molecule has 2 heteroatoms. The second-order valence-electron chi connectivity index (χ2n) is 3.48. The molecule has 0 fully saturated rings. The number of allylic oxidation sites excluding steroid dienone is 2. The quantitative estimate of drug-likeness (QED) is 0.742. The van der Waals surface area contributed by atoms with Crippen LogP contribution in [-0.4, -0.2) is 10.2 Å². The first kappa shape index (κ1) is 12.1. The summed E-state index contributed by atoms with van der Waals surface area (Å²) in [6, 6.07) is 0. The average Bonchev–Trinajstić information content (AvgIpc) is 2.28. The first-order valence-corrected chi connectivity index (χ1v) is 5.05. The summed E-state index contributed by atoms with van der Waals surface area (Å²) < 4.78 is 0. The van der Waals surface area contributed by atoms with Gasteiger partial charge in [0.2, 0.25) is 0 Å². The number of rotatable bonds is 2. The van der Waals surface area contributed by atoms with Crippen LogP contribution in [0, 0.1) is 0 Å². The Morgan fingerprint density at radius 3 is 1.38 bits per heavy atom. The number of aromatic hydroxyl groups is 2. The maximum atomic E-state index is 9.94. The van der Waals surface area contributed by atoms with Gasteiger partial charge in [-0.2, -0.15) is 0 Å². The molecule has 0 heterocycles. The first-order chi connectivity index (χ1) is 7.54. The van der Waals surface area contributed by atoms with Gasteiger partial charge in [0.1, 0.15) is 11.5 Å². The van der Waals surface area contributed by atoms with E-state index in [2.05, 4.69) is 13.2 Å². The number of phenols is 2. The van der Waals surface area contributed by atoms with Crippen molar-refractivity contribution < 1.29 is 10.2 Å². The molecule has 0 atom stereocenters. The van der Waals surface area contributed by atoms with Crippen LogP contribution in [0.3, 0.4) is 0 Å². The fourth-order valence-electron chi connectivity index (χ4n) is 1.56. The molecule has 0 aliphatic carbocycles. The van der Waals surface area contributed by atoms with Gasteiger partial charge >= 0.3 is 0 Å². The molecule has 0 unspecified atom stereocenters. The molecular weight excluding hydrogens is 200 g/mol. The van der Waals surface area contributed by atoms with Gasteiger partial charge in [-0.05, 0) is 13.8 Å². The highest BCUT2D eigenvalue weighted by Gasteiger charge is 2.09. The summed E-state index contributed by atoms with van der Waals surface area (Å²) in [6.07, 6.45) is 6.95. The summed E-state index contributed by atoms with van der Waals surface area (Å²) in [5, 5.41) is 20.7. The SMILES string of the molecule is C=c1c(O)c(C=CC)c(=C)c(O)c1C=CC. The zero-order valence-electron chi connectivity index (χ0n) is 9.62. The predicted octanol–water partition coefficient (Wildman–Crippen LogP) is 1.98. The van der Waals surface area contributed by atoms with Crippen molar-refractivity contribution in [1.82, 2.24) is 0 Å². The van der Waals surface area contributed by atoms with E-state index in [0.717, 1.165) is 0 Å². The minimum Gasteiger partial charge on any atom is -0.507 e. The predicted molar refractivity (Wildman–Crippen MR) is 69.5 cm³/mol. The van der Waals surface area contributed by atoms with Gasteiger partial charge in [-0.25, -0.2) is 0 Å². The molecule has 0 radical (unpaired) electrons. The summed E-state index contributed by atoms with van der Waals surface area (Å²) in [4.78, 5) is 0. The van der Waals surface area contributed by atoms with Crippen molar-refractivity contribution in [1.29, 1.82) is 0 Å². The lowest BCUT2D eigenvalue weighted by Gasteiger charge is -2.07. The molecule has 16 heavy (non-hydrogen) atoms. The highest BCUT2D eigenvalue weighted by Crippen LogP contribution is 2.18. The fraction of sp³-hybridized carbons (Fsp3) is 0.143. The zero-order chi connectivity index (χ0) is 12.3. The molecule has 1 aromatic rings. The second kappa shape index (κ2) is 4.71. The Hall–Kier alpha value is -1.96. The van der Waals surface area contributed by atoms with Gasteiger partial charge in [-0.15, -0.1) is 0 Å². The number of hydrogen-bond acceptors (Lipinski definition) is 2. The molecule has 0 spiro atoms. The Bertz CT molecular complexity index is 500. The normalized spacial score (nSPS) is 11.6. The van der Waals surface area contributed by atoms with Gasteiger partial charge in [-0.3, -0.25) is 0 Å². The fourth-order valence-corrected chi connectivity index (χ4v) is 1.56. The standard InChI is InChI=1S/C14H16O2/c1-5-7-11-9(3)14(16)12(8-6-2)10(4)13(11)15/h5-8,15-16H,3-4H2,1-2H3. The van der Waals surface area contributed by atoms with Gasteiger partial charge < -0.3 is 10.2 Å². The zero-order valence-corrected chi connectivity index (χ0v) is 9.62. The molecular formula is C14H16O2. The van der Waals surface area contributed by atoms with Crippen molar-refractivity contribution in [2.24, 2.45) is 0 Å². The summed E-state index contributed by atoms with van der Waals surface area (Å²) in [5.74, 6) is 0.128. The van der Waals surface area contributed by atoms with E-state index < -0.39 is 0 Å². The molecule has 84 valence electrons. The molecule has 0 aromatic heterocycles. The van der Waals surface area contributed by atoms with Crippen molar-refractivity contribution in [3.05, 3.63) is 33.7 Å². The van der Waals surface area contributed by atoms with Gasteiger partial charge in [0.05, 0.1) is 0 Å². The second-order valence-corrected chi connectivity index (χ2v) is 3.48. The molecule has 1 rings (SSSR count). The van der Waals surface area contributed by atoms with Crippen molar-refractivity contribution in [3.8, 4) is 11.5 Å². The Labute approximate surface area is 95.2 Å². The van der Waals surface area contributed by atoms with Crippen molar-refractivity contribution >= 4 is 25.3 Å². The topological polar surface area (TPSA) is 40.5 Å². The van der Waals surface area contributed by atoms with E-state index in [9.17, 15) is 10.2 Å². The smallest absolute Gasteiger partial charge is 0.130 e. The maximum absolute atomic E-state index is 9.94. The lowest BCUT2D eigenvalue weighted by molar-refractivity contribution is 0.451. The van der Waals surface area contributed by atoms with Crippen molar-refractivity contribution in [2.45, 2.75) is 13.8 Å². The van der Waals surface area contributed by atoms with E-state index in [0.29, 0.717) is 21.6 Å². The summed E-state index contributed by atoms with van der Waals surface area (Å²) in [5.41, 5.74) is 1.02. The highest BCUT2D eigenvalue weighted by molar-refractivity contribution is 5.69. The molecule has 0 aliphatic rings. The third-order valence-corrected chi connectivity index (χ3v) is 2.40. The lowest BCUT2D eigenvalue weighted by atomic mass is 10.0. The van der Waals surface area contributed by atoms with Crippen LogP contribution in [0.2, 0.25) is 0 Å². The van der Waals surface area contributed by atoms with Crippen LogP contribution in [0.25, 0.3) is 25.3 Å². The van der Waals surface area contributed by atoms with Crippen LogP contribution >= 0.6 is 0 Å². The Morgan fingerprint density at radius 1 is 0.812 bits per heavy atom. The third-order valence-electron chi connectivity index (χ3n) is 2.40. The number of hydrogen-bond donors (Lipinski definition) is 2. The number of phenolic OH excluding ortho intramolecular Hbond substituents is 2. The average molecular weight is 216 g/mol. The molecule has 0 aliphatic heterocycles. The van der Waals surface area contributed by atoms with Gasteiger partial charge in [0, 0.05) is 21.6 Å². The molecule has 0 saturated carbocycles. The Balaban J connectivity index is 3.77. The lowest BCUT2D eigenvalue weighted by Crippen LogP contribution is -2.16. The summed E-state index contributed by atoms with van der Waals surface area (Å²) >= 11 is 0. The molecule has 2 N–H and O–H groups in total. The minimum atomic E-state index is 0.0639. The number of benzene rings is 1. The first-order valence-electron chi connectivity index (χ1n) is 5.05. The molecule has 0 saturated heterocycles. The molecule has 0 amide bonds. The van der Waals surface area contributed by atoms with E-state index in [1.807, 2.05) is 13.8 Å². The van der Waals surface area contributed by atoms with Gasteiger partial charge in [0.25, 0.3) is 0 Å².